The molecule has 0 saturated heterocycles. The van der Waals surface area contributed by atoms with Gasteiger partial charge in [0, 0.05) is 5.69 Å². The predicted octanol–water partition coefficient (Wildman–Crippen LogP) is 3.82. The Morgan fingerprint density at radius 3 is 2.30 bits per heavy atom. The van der Waals surface area contributed by atoms with Crippen LogP contribution in [0.5, 0.6) is 0 Å². The molecule has 0 saturated carbocycles. The Hall–Kier alpha value is -2.15. The van der Waals surface area contributed by atoms with E-state index in [1.165, 1.54) is 12.1 Å². The van der Waals surface area contributed by atoms with E-state index >= 15 is 0 Å². The zero-order valence-electron chi connectivity index (χ0n) is 11.5. The van der Waals surface area contributed by atoms with E-state index in [2.05, 4.69) is 10.6 Å². The van der Waals surface area contributed by atoms with Gasteiger partial charge in [-0.15, -0.1) is 0 Å². The molecule has 0 fully saturated rings. The van der Waals surface area contributed by atoms with E-state index < -0.39 is 11.9 Å². The van der Waals surface area contributed by atoms with Crippen molar-refractivity contribution in [1.82, 2.24) is 5.32 Å². The SMILES string of the molecule is O=C(O)c1cc(NC(=S)NC(=O)c2ccccc2Cl)ccc1Cl. The van der Waals surface area contributed by atoms with Crippen LogP contribution in [0.3, 0.4) is 0 Å². The second-order valence-corrected chi connectivity index (χ2v) is 5.61. The molecule has 0 bridgehead atoms. The van der Waals surface area contributed by atoms with E-state index in [-0.39, 0.29) is 21.3 Å². The number of carboxylic acid groups (broad SMARTS) is 1. The van der Waals surface area contributed by atoms with Crippen molar-refractivity contribution >= 4 is 58.1 Å². The number of amides is 1. The number of carboxylic acids is 1. The minimum atomic E-state index is -1.16. The number of halogens is 2. The lowest BCUT2D eigenvalue weighted by Gasteiger charge is -2.11. The highest BCUT2D eigenvalue weighted by molar-refractivity contribution is 7.80. The molecule has 23 heavy (non-hydrogen) atoms. The van der Waals surface area contributed by atoms with E-state index in [0.717, 1.165) is 0 Å². The average molecular weight is 369 g/mol. The molecule has 0 heterocycles. The Labute approximate surface area is 147 Å². The monoisotopic (exact) mass is 368 g/mol. The van der Waals surface area contributed by atoms with Crippen LogP contribution >= 0.6 is 35.4 Å². The summed E-state index contributed by atoms with van der Waals surface area (Å²) in [5.74, 6) is -1.63. The van der Waals surface area contributed by atoms with Crippen LogP contribution in [0.2, 0.25) is 10.0 Å². The van der Waals surface area contributed by atoms with Crippen LogP contribution in [-0.2, 0) is 0 Å². The maximum atomic E-state index is 12.1. The van der Waals surface area contributed by atoms with Gasteiger partial charge in [-0.1, -0.05) is 35.3 Å². The number of anilines is 1. The fourth-order valence-electron chi connectivity index (χ4n) is 1.75. The van der Waals surface area contributed by atoms with Gasteiger partial charge in [-0.25, -0.2) is 4.79 Å². The first-order valence-electron chi connectivity index (χ1n) is 6.28. The van der Waals surface area contributed by atoms with Crippen molar-refractivity contribution in [1.29, 1.82) is 0 Å². The largest absolute Gasteiger partial charge is 0.478 e. The fraction of sp³-hybridized carbons (Fsp3) is 0. The molecular weight excluding hydrogens is 359 g/mol. The molecular formula is C15H10Cl2N2O3S. The van der Waals surface area contributed by atoms with E-state index in [1.807, 2.05) is 0 Å². The van der Waals surface area contributed by atoms with Crippen LogP contribution in [0.15, 0.2) is 42.5 Å². The molecule has 2 aromatic rings. The summed E-state index contributed by atoms with van der Waals surface area (Å²) >= 11 is 16.7. The topological polar surface area (TPSA) is 78.4 Å². The smallest absolute Gasteiger partial charge is 0.337 e. The number of carbonyl (C=O) groups excluding carboxylic acids is 1. The van der Waals surface area contributed by atoms with Crippen molar-refractivity contribution in [2.24, 2.45) is 0 Å². The van der Waals surface area contributed by atoms with Crippen molar-refractivity contribution in [2.75, 3.05) is 5.32 Å². The van der Waals surface area contributed by atoms with Gasteiger partial charge in [0.1, 0.15) is 0 Å². The van der Waals surface area contributed by atoms with Crippen LogP contribution < -0.4 is 10.6 Å². The lowest BCUT2D eigenvalue weighted by atomic mass is 10.2. The highest BCUT2D eigenvalue weighted by atomic mass is 35.5. The number of hydrogen-bond donors (Lipinski definition) is 3. The molecule has 2 aromatic carbocycles. The Morgan fingerprint density at radius 1 is 1.00 bits per heavy atom. The molecule has 0 aliphatic carbocycles. The van der Waals surface area contributed by atoms with Crippen molar-refractivity contribution in [3.8, 4) is 0 Å². The van der Waals surface area contributed by atoms with Gasteiger partial charge in [-0.2, -0.15) is 0 Å². The fourth-order valence-corrected chi connectivity index (χ4v) is 2.38. The van der Waals surface area contributed by atoms with E-state index in [1.54, 1.807) is 30.3 Å². The van der Waals surface area contributed by atoms with Crippen molar-refractivity contribution in [3.63, 3.8) is 0 Å². The van der Waals surface area contributed by atoms with Crippen molar-refractivity contribution in [2.45, 2.75) is 0 Å². The number of rotatable bonds is 3. The molecule has 0 unspecified atom stereocenters. The Morgan fingerprint density at radius 2 is 1.65 bits per heavy atom. The third-order valence-corrected chi connectivity index (χ3v) is 3.66. The molecule has 0 radical (unpaired) electrons. The summed E-state index contributed by atoms with van der Waals surface area (Å²) in [5, 5.41) is 14.6. The summed E-state index contributed by atoms with van der Waals surface area (Å²) in [4.78, 5) is 23.1. The standard InChI is InChI=1S/C15H10Cl2N2O3S/c16-11-4-2-1-3-9(11)13(20)19-15(23)18-8-5-6-12(17)10(7-8)14(21)22/h1-7H,(H,21,22)(H2,18,19,20,23). The van der Waals surface area contributed by atoms with Gasteiger partial charge in [0.2, 0.25) is 0 Å². The highest BCUT2D eigenvalue weighted by Crippen LogP contribution is 2.20. The molecule has 2 rings (SSSR count). The molecule has 0 aromatic heterocycles. The van der Waals surface area contributed by atoms with Crippen molar-refractivity contribution in [3.05, 3.63) is 63.6 Å². The minimum absolute atomic E-state index is 0.00795. The average Bonchev–Trinajstić information content (AvgIpc) is 2.49. The molecule has 0 spiro atoms. The van der Waals surface area contributed by atoms with Gasteiger partial charge in [0.25, 0.3) is 5.91 Å². The summed E-state index contributed by atoms with van der Waals surface area (Å²) in [6.07, 6.45) is 0. The van der Waals surface area contributed by atoms with E-state index in [4.69, 9.17) is 40.5 Å². The van der Waals surface area contributed by atoms with Gasteiger partial charge in [-0.05, 0) is 42.5 Å². The second-order valence-electron chi connectivity index (χ2n) is 4.39. The first kappa shape index (κ1) is 17.2. The third kappa shape index (κ3) is 4.41. The molecule has 3 N–H and O–H groups in total. The molecule has 5 nitrogen and oxygen atoms in total. The lowest BCUT2D eigenvalue weighted by Crippen LogP contribution is -2.34. The zero-order valence-corrected chi connectivity index (χ0v) is 13.8. The second kappa shape index (κ2) is 7.41. The number of thiocarbonyl (C=S) groups is 1. The minimum Gasteiger partial charge on any atom is -0.478 e. The van der Waals surface area contributed by atoms with Crippen LogP contribution in [0, 0.1) is 0 Å². The van der Waals surface area contributed by atoms with E-state index in [0.29, 0.717) is 10.7 Å². The van der Waals surface area contributed by atoms with Gasteiger partial charge < -0.3 is 10.4 Å². The van der Waals surface area contributed by atoms with Crippen LogP contribution in [0.25, 0.3) is 0 Å². The summed E-state index contributed by atoms with van der Waals surface area (Å²) < 4.78 is 0. The van der Waals surface area contributed by atoms with Gasteiger partial charge in [-0.3, -0.25) is 10.1 Å². The third-order valence-electron chi connectivity index (χ3n) is 2.80. The summed E-state index contributed by atoms with van der Waals surface area (Å²) in [5.41, 5.74) is 0.591. The van der Waals surface area contributed by atoms with Crippen molar-refractivity contribution < 1.29 is 14.7 Å². The summed E-state index contributed by atoms with van der Waals surface area (Å²) in [6.45, 7) is 0. The predicted molar refractivity (Wildman–Crippen MR) is 93.6 cm³/mol. The maximum Gasteiger partial charge on any atom is 0.337 e. The molecule has 1 amide bonds. The molecule has 0 aliphatic heterocycles. The number of hydrogen-bond acceptors (Lipinski definition) is 3. The Bertz CT molecular complexity index is 796. The van der Waals surface area contributed by atoms with Crippen LogP contribution in [0.1, 0.15) is 20.7 Å². The first-order chi connectivity index (χ1) is 10.9. The first-order valence-corrected chi connectivity index (χ1v) is 7.44. The summed E-state index contributed by atoms with van der Waals surface area (Å²) in [7, 11) is 0. The van der Waals surface area contributed by atoms with Gasteiger partial charge in [0.05, 0.1) is 21.2 Å². The number of benzene rings is 2. The van der Waals surface area contributed by atoms with Crippen LogP contribution in [0.4, 0.5) is 5.69 Å². The summed E-state index contributed by atoms with van der Waals surface area (Å²) in [6, 6.07) is 10.8. The number of nitrogens with one attached hydrogen (secondary N) is 2. The highest BCUT2D eigenvalue weighted by Gasteiger charge is 2.13. The molecule has 0 aliphatic rings. The molecule has 118 valence electrons. The normalized spacial score (nSPS) is 10.0. The molecule has 8 heteroatoms. The lowest BCUT2D eigenvalue weighted by molar-refractivity contribution is 0.0697. The Balaban J connectivity index is 2.08. The number of carbonyl (C=O) groups is 2. The van der Waals surface area contributed by atoms with Gasteiger partial charge in [0.15, 0.2) is 5.11 Å². The maximum absolute atomic E-state index is 12.1. The van der Waals surface area contributed by atoms with Crippen LogP contribution in [-0.4, -0.2) is 22.1 Å². The van der Waals surface area contributed by atoms with E-state index in [9.17, 15) is 9.59 Å². The molecule has 0 atom stereocenters. The quantitative estimate of drug-likeness (QED) is 0.717. The Kier molecular flexibility index (Phi) is 5.54. The number of aromatic carboxylic acids is 1. The van der Waals surface area contributed by atoms with Gasteiger partial charge >= 0.3 is 5.97 Å². The zero-order chi connectivity index (χ0) is 17.0.